The topological polar surface area (TPSA) is 62.3 Å². The maximum atomic E-state index is 11.8. The third kappa shape index (κ3) is 2.82. The van der Waals surface area contributed by atoms with Crippen LogP contribution in [-0.4, -0.2) is 34.3 Å². The second-order valence-electron chi connectivity index (χ2n) is 3.95. The van der Waals surface area contributed by atoms with Gasteiger partial charge in [-0.25, -0.2) is 0 Å². The number of hydrogen-bond acceptors (Lipinski definition) is 3. The predicted molar refractivity (Wildman–Crippen MR) is 65.0 cm³/mol. The van der Waals surface area contributed by atoms with Gasteiger partial charge in [0, 0.05) is 10.7 Å². The number of pyridine rings is 1. The highest BCUT2D eigenvalue weighted by Crippen LogP contribution is 2.11. The molecule has 2 heterocycles. The summed E-state index contributed by atoms with van der Waals surface area (Å²) in [7, 11) is 0. The number of amides is 2. The molecule has 1 N–H and O–H groups in total. The molecule has 1 unspecified atom stereocenters. The van der Waals surface area contributed by atoms with E-state index in [0.717, 1.165) is 10.2 Å². The van der Waals surface area contributed by atoms with Gasteiger partial charge in [0.05, 0.1) is 12.2 Å². The van der Waals surface area contributed by atoms with E-state index in [0.29, 0.717) is 6.54 Å². The van der Waals surface area contributed by atoms with Gasteiger partial charge >= 0.3 is 0 Å². The van der Waals surface area contributed by atoms with Crippen molar-refractivity contribution in [3.05, 3.63) is 28.5 Å². The van der Waals surface area contributed by atoms with E-state index in [9.17, 15) is 9.59 Å². The van der Waals surface area contributed by atoms with E-state index < -0.39 is 6.04 Å². The van der Waals surface area contributed by atoms with Gasteiger partial charge in [0.15, 0.2) is 0 Å². The van der Waals surface area contributed by atoms with Crippen LogP contribution < -0.4 is 5.32 Å². The van der Waals surface area contributed by atoms with E-state index in [1.165, 1.54) is 4.90 Å². The van der Waals surface area contributed by atoms with Gasteiger partial charge in [0.25, 0.3) is 0 Å². The number of carbonyl (C=O) groups excluding carboxylic acids is 2. The lowest BCUT2D eigenvalue weighted by Gasteiger charge is -2.30. The summed E-state index contributed by atoms with van der Waals surface area (Å²) in [5.74, 6) is -0.205. The molecule has 0 saturated carbocycles. The van der Waals surface area contributed by atoms with E-state index in [1.54, 1.807) is 13.1 Å². The van der Waals surface area contributed by atoms with Crippen molar-refractivity contribution >= 4 is 27.7 Å². The SMILES string of the molecule is CC1NC(=O)CN(Cc2ccc(Br)cn2)C1=O. The van der Waals surface area contributed by atoms with Crippen molar-refractivity contribution < 1.29 is 9.59 Å². The fourth-order valence-corrected chi connectivity index (χ4v) is 1.94. The van der Waals surface area contributed by atoms with Crippen molar-refractivity contribution in [3.63, 3.8) is 0 Å². The maximum absolute atomic E-state index is 11.8. The highest BCUT2D eigenvalue weighted by atomic mass is 79.9. The summed E-state index contributed by atoms with van der Waals surface area (Å²) in [5, 5.41) is 2.60. The fourth-order valence-electron chi connectivity index (χ4n) is 1.70. The largest absolute Gasteiger partial charge is 0.343 e. The molecule has 0 aromatic carbocycles. The minimum absolute atomic E-state index is 0.0747. The van der Waals surface area contributed by atoms with E-state index in [-0.39, 0.29) is 18.4 Å². The first-order chi connectivity index (χ1) is 8.06. The molecule has 90 valence electrons. The molecule has 0 bridgehead atoms. The average molecular weight is 298 g/mol. The number of carbonyl (C=O) groups is 2. The Balaban J connectivity index is 2.09. The third-order valence-electron chi connectivity index (χ3n) is 2.54. The van der Waals surface area contributed by atoms with Crippen LogP contribution >= 0.6 is 15.9 Å². The molecule has 5 nitrogen and oxygen atoms in total. The molecule has 1 fully saturated rings. The molecule has 0 aliphatic carbocycles. The molecule has 1 aliphatic heterocycles. The van der Waals surface area contributed by atoms with Crippen LogP contribution in [0.1, 0.15) is 12.6 Å². The second kappa shape index (κ2) is 4.83. The van der Waals surface area contributed by atoms with Crippen LogP contribution in [0.25, 0.3) is 0 Å². The lowest BCUT2D eigenvalue weighted by molar-refractivity contribution is -0.144. The molecule has 6 heteroatoms. The number of hydrogen-bond donors (Lipinski definition) is 1. The van der Waals surface area contributed by atoms with E-state index in [4.69, 9.17) is 0 Å². The Bertz CT molecular complexity index is 447. The zero-order valence-electron chi connectivity index (χ0n) is 9.31. The molecule has 2 rings (SSSR count). The number of nitrogens with one attached hydrogen (secondary N) is 1. The highest BCUT2D eigenvalue weighted by Gasteiger charge is 2.29. The number of nitrogens with zero attached hydrogens (tertiary/aromatic N) is 2. The molecule has 2 amide bonds. The van der Waals surface area contributed by atoms with Gasteiger partial charge in [-0.15, -0.1) is 0 Å². The van der Waals surface area contributed by atoms with Crippen molar-refractivity contribution in [2.45, 2.75) is 19.5 Å². The van der Waals surface area contributed by atoms with Crippen LogP contribution in [0.3, 0.4) is 0 Å². The van der Waals surface area contributed by atoms with Crippen LogP contribution in [0.15, 0.2) is 22.8 Å². The van der Waals surface area contributed by atoms with Gasteiger partial charge < -0.3 is 10.2 Å². The van der Waals surface area contributed by atoms with Crippen LogP contribution in [-0.2, 0) is 16.1 Å². The smallest absolute Gasteiger partial charge is 0.245 e. The monoisotopic (exact) mass is 297 g/mol. The van der Waals surface area contributed by atoms with Crippen molar-refractivity contribution in [2.75, 3.05) is 6.54 Å². The summed E-state index contributed by atoms with van der Waals surface area (Å²) < 4.78 is 0.886. The number of aromatic nitrogens is 1. The molecule has 0 radical (unpaired) electrons. The normalized spacial score (nSPS) is 20.4. The minimum atomic E-state index is -0.452. The summed E-state index contributed by atoms with van der Waals surface area (Å²) in [5.41, 5.74) is 0.767. The first kappa shape index (κ1) is 12.0. The molecule has 1 aromatic heterocycles. The van der Waals surface area contributed by atoms with Crippen molar-refractivity contribution in [1.29, 1.82) is 0 Å². The molecular formula is C11H12BrN3O2. The summed E-state index contributed by atoms with van der Waals surface area (Å²) in [6.45, 7) is 2.15. The predicted octanol–water partition coefficient (Wildman–Crippen LogP) is 0.691. The molecule has 1 aliphatic rings. The summed E-state index contributed by atoms with van der Waals surface area (Å²) in [6.07, 6.45) is 1.67. The number of rotatable bonds is 2. The Labute approximate surface area is 107 Å². The second-order valence-corrected chi connectivity index (χ2v) is 4.87. The Morgan fingerprint density at radius 3 is 2.94 bits per heavy atom. The van der Waals surface area contributed by atoms with Gasteiger partial charge in [0.2, 0.25) is 11.8 Å². The van der Waals surface area contributed by atoms with E-state index in [1.807, 2.05) is 12.1 Å². The van der Waals surface area contributed by atoms with E-state index in [2.05, 4.69) is 26.2 Å². The minimum Gasteiger partial charge on any atom is -0.343 e. The Morgan fingerprint density at radius 2 is 2.29 bits per heavy atom. The first-order valence-electron chi connectivity index (χ1n) is 5.25. The van der Waals surface area contributed by atoms with Crippen molar-refractivity contribution in [2.24, 2.45) is 0 Å². The number of piperazine rings is 1. The zero-order valence-corrected chi connectivity index (χ0v) is 10.9. The highest BCUT2D eigenvalue weighted by molar-refractivity contribution is 9.10. The van der Waals surface area contributed by atoms with E-state index >= 15 is 0 Å². The van der Waals surface area contributed by atoms with Gasteiger partial charge in [-0.2, -0.15) is 0 Å². The summed E-state index contributed by atoms with van der Waals surface area (Å²) >= 11 is 3.29. The summed E-state index contributed by atoms with van der Waals surface area (Å²) in [6, 6.07) is 3.24. The van der Waals surface area contributed by atoms with Gasteiger partial charge in [-0.1, -0.05) is 0 Å². The lowest BCUT2D eigenvalue weighted by Crippen LogP contribution is -2.56. The summed E-state index contributed by atoms with van der Waals surface area (Å²) in [4.78, 5) is 28.9. The standard InChI is InChI=1S/C11H12BrN3O2/c1-7-11(17)15(6-10(16)14-7)5-9-3-2-8(12)4-13-9/h2-4,7H,5-6H2,1H3,(H,14,16). The fraction of sp³-hybridized carbons (Fsp3) is 0.364. The van der Waals surface area contributed by atoms with Gasteiger partial charge in [-0.3, -0.25) is 14.6 Å². The Hall–Kier alpha value is -1.43. The lowest BCUT2D eigenvalue weighted by atomic mass is 10.2. The zero-order chi connectivity index (χ0) is 12.4. The van der Waals surface area contributed by atoms with Crippen LogP contribution in [0.5, 0.6) is 0 Å². The molecule has 1 saturated heterocycles. The van der Waals surface area contributed by atoms with Crippen LogP contribution in [0, 0.1) is 0 Å². The van der Waals surface area contributed by atoms with Gasteiger partial charge in [0.1, 0.15) is 12.6 Å². The Kier molecular flexibility index (Phi) is 3.42. The van der Waals surface area contributed by atoms with Crippen LogP contribution in [0.2, 0.25) is 0 Å². The molecule has 1 aromatic rings. The molecule has 1 atom stereocenters. The maximum Gasteiger partial charge on any atom is 0.245 e. The van der Waals surface area contributed by atoms with Gasteiger partial charge in [-0.05, 0) is 35.0 Å². The molecular weight excluding hydrogens is 286 g/mol. The number of halogens is 1. The third-order valence-corrected chi connectivity index (χ3v) is 3.00. The van der Waals surface area contributed by atoms with Crippen molar-refractivity contribution in [1.82, 2.24) is 15.2 Å². The Morgan fingerprint density at radius 1 is 1.53 bits per heavy atom. The van der Waals surface area contributed by atoms with Crippen molar-refractivity contribution in [3.8, 4) is 0 Å². The molecule has 17 heavy (non-hydrogen) atoms. The molecule has 0 spiro atoms. The first-order valence-corrected chi connectivity index (χ1v) is 6.04. The average Bonchev–Trinajstić information content (AvgIpc) is 2.28. The quantitative estimate of drug-likeness (QED) is 0.874. The van der Waals surface area contributed by atoms with Crippen LogP contribution in [0.4, 0.5) is 0 Å².